The number of benzene rings is 2. The van der Waals surface area contributed by atoms with Gasteiger partial charge in [-0.2, -0.15) is 0 Å². The fourth-order valence-electron chi connectivity index (χ4n) is 1.79. The molecule has 100 valence electrons. The molecule has 0 radical (unpaired) electrons. The van der Waals surface area contributed by atoms with E-state index in [2.05, 4.69) is 15.9 Å². The third-order valence-electron chi connectivity index (χ3n) is 2.72. The van der Waals surface area contributed by atoms with Crippen LogP contribution in [-0.2, 0) is 11.9 Å². The maximum Gasteiger partial charge on any atom is 0.165 e. The molecule has 0 bridgehead atoms. The lowest BCUT2D eigenvalue weighted by Crippen LogP contribution is -2.00. The van der Waals surface area contributed by atoms with E-state index in [-0.39, 0.29) is 5.75 Å². The third-order valence-corrected chi connectivity index (χ3v) is 3.32. The van der Waals surface area contributed by atoms with Gasteiger partial charge in [0.05, 0.1) is 7.11 Å². The summed E-state index contributed by atoms with van der Waals surface area (Å²) in [7, 11) is 1.62. The lowest BCUT2D eigenvalue weighted by Gasteiger charge is -2.14. The van der Waals surface area contributed by atoms with Crippen molar-refractivity contribution in [1.82, 2.24) is 0 Å². The first-order valence-electron chi connectivity index (χ1n) is 5.87. The molecule has 0 amide bonds. The third kappa shape index (κ3) is 3.41. The van der Waals surface area contributed by atoms with Crippen LogP contribution in [0.2, 0.25) is 0 Å². The van der Waals surface area contributed by atoms with Crippen LogP contribution in [0.3, 0.4) is 0 Å². The minimum absolute atomic E-state index is 0.238. The molecule has 2 rings (SSSR count). The molecule has 0 unspecified atom stereocenters. The molecule has 0 aromatic heterocycles. The summed E-state index contributed by atoms with van der Waals surface area (Å²) in [6, 6.07) is 12.8. The average molecular weight is 323 g/mol. The molecule has 0 aliphatic rings. The molecule has 0 fully saturated rings. The zero-order chi connectivity index (χ0) is 13.7. The first-order valence-corrected chi connectivity index (χ1v) is 6.99. The molecular formula is C15H15BrO3. The van der Waals surface area contributed by atoms with Crippen LogP contribution in [-0.4, -0.2) is 12.2 Å². The Hall–Kier alpha value is -1.68. The average Bonchev–Trinajstić information content (AvgIpc) is 2.44. The van der Waals surface area contributed by atoms with Crippen LogP contribution in [0.5, 0.6) is 17.2 Å². The first-order chi connectivity index (χ1) is 9.24. The van der Waals surface area contributed by atoms with Crippen molar-refractivity contribution in [1.29, 1.82) is 0 Å². The van der Waals surface area contributed by atoms with Gasteiger partial charge in [0.25, 0.3) is 0 Å². The molecule has 4 heteroatoms. The maximum atomic E-state index is 9.42. The summed E-state index contributed by atoms with van der Waals surface area (Å²) >= 11 is 3.43. The van der Waals surface area contributed by atoms with E-state index in [9.17, 15) is 5.11 Å². The van der Waals surface area contributed by atoms with E-state index in [0.717, 1.165) is 16.9 Å². The van der Waals surface area contributed by atoms with Crippen LogP contribution in [0.1, 0.15) is 11.1 Å². The number of ether oxygens (including phenoxy) is 2. The van der Waals surface area contributed by atoms with E-state index in [1.54, 1.807) is 25.3 Å². The van der Waals surface area contributed by atoms with Crippen LogP contribution < -0.4 is 9.47 Å². The van der Waals surface area contributed by atoms with Gasteiger partial charge >= 0.3 is 0 Å². The van der Waals surface area contributed by atoms with E-state index in [1.807, 2.05) is 24.3 Å². The molecule has 2 aromatic rings. The molecule has 0 aliphatic carbocycles. The Balaban J connectivity index is 2.19. The van der Waals surface area contributed by atoms with Gasteiger partial charge in [0.2, 0.25) is 0 Å². The molecule has 3 nitrogen and oxygen atoms in total. The monoisotopic (exact) mass is 322 g/mol. The van der Waals surface area contributed by atoms with Crippen molar-refractivity contribution in [3.63, 3.8) is 0 Å². The molecule has 0 spiro atoms. The molecule has 2 aromatic carbocycles. The van der Waals surface area contributed by atoms with E-state index < -0.39 is 0 Å². The minimum Gasteiger partial charge on any atom is -0.508 e. The Morgan fingerprint density at radius 3 is 2.63 bits per heavy atom. The highest BCUT2D eigenvalue weighted by Crippen LogP contribution is 2.33. The second kappa shape index (κ2) is 6.48. The van der Waals surface area contributed by atoms with Crippen molar-refractivity contribution in [3.05, 3.63) is 53.6 Å². The molecule has 0 saturated carbocycles. The number of aromatic hydroxyl groups is 1. The molecule has 19 heavy (non-hydrogen) atoms. The lowest BCUT2D eigenvalue weighted by molar-refractivity contribution is 0.282. The lowest BCUT2D eigenvalue weighted by atomic mass is 10.2. The first kappa shape index (κ1) is 13.7. The van der Waals surface area contributed by atoms with Crippen molar-refractivity contribution < 1.29 is 14.6 Å². The van der Waals surface area contributed by atoms with Crippen LogP contribution in [0.15, 0.2) is 42.5 Å². The number of hydrogen-bond acceptors (Lipinski definition) is 3. The van der Waals surface area contributed by atoms with Crippen molar-refractivity contribution >= 4 is 15.9 Å². The summed E-state index contributed by atoms with van der Waals surface area (Å²) in [6.07, 6.45) is 0. The SMILES string of the molecule is COc1cccc(CBr)c1OCc1cccc(O)c1. The Kier molecular flexibility index (Phi) is 4.68. The number of rotatable bonds is 5. The van der Waals surface area contributed by atoms with Crippen molar-refractivity contribution in [2.75, 3.05) is 7.11 Å². The fourth-order valence-corrected chi connectivity index (χ4v) is 2.23. The number of phenols is 1. The Morgan fingerprint density at radius 2 is 1.95 bits per heavy atom. The molecule has 0 saturated heterocycles. The van der Waals surface area contributed by atoms with Gasteiger partial charge in [0.15, 0.2) is 11.5 Å². The summed E-state index contributed by atoms with van der Waals surface area (Å²) in [6.45, 7) is 0.384. The highest BCUT2D eigenvalue weighted by Gasteiger charge is 2.09. The van der Waals surface area contributed by atoms with Crippen LogP contribution in [0.25, 0.3) is 0 Å². The van der Waals surface area contributed by atoms with Crippen LogP contribution in [0.4, 0.5) is 0 Å². The van der Waals surface area contributed by atoms with Crippen LogP contribution in [0, 0.1) is 0 Å². The molecule has 0 aliphatic heterocycles. The van der Waals surface area contributed by atoms with Crippen molar-refractivity contribution in [3.8, 4) is 17.2 Å². The van der Waals surface area contributed by atoms with Gasteiger partial charge in [0.1, 0.15) is 12.4 Å². The zero-order valence-corrected chi connectivity index (χ0v) is 12.2. The number of halogens is 1. The van der Waals surface area contributed by atoms with Gasteiger partial charge in [-0.15, -0.1) is 0 Å². The largest absolute Gasteiger partial charge is 0.508 e. The molecular weight excluding hydrogens is 308 g/mol. The number of methoxy groups -OCH3 is 1. The van der Waals surface area contributed by atoms with Crippen LogP contribution >= 0.6 is 15.9 Å². The van der Waals surface area contributed by atoms with E-state index in [1.165, 1.54) is 0 Å². The van der Waals surface area contributed by atoms with Gasteiger partial charge in [0, 0.05) is 10.9 Å². The number of hydrogen-bond donors (Lipinski definition) is 1. The highest BCUT2D eigenvalue weighted by molar-refractivity contribution is 9.08. The summed E-state index contributed by atoms with van der Waals surface area (Å²) in [4.78, 5) is 0. The second-order valence-electron chi connectivity index (χ2n) is 4.04. The highest BCUT2D eigenvalue weighted by atomic mass is 79.9. The van der Waals surface area contributed by atoms with E-state index >= 15 is 0 Å². The quantitative estimate of drug-likeness (QED) is 0.849. The Morgan fingerprint density at radius 1 is 1.16 bits per heavy atom. The predicted octanol–water partition coefficient (Wildman–Crippen LogP) is 3.87. The maximum absolute atomic E-state index is 9.42. The number of phenolic OH excluding ortho intramolecular Hbond substituents is 1. The molecule has 0 heterocycles. The topological polar surface area (TPSA) is 38.7 Å². The summed E-state index contributed by atoms with van der Waals surface area (Å²) < 4.78 is 11.1. The number of alkyl halides is 1. The van der Waals surface area contributed by atoms with Crippen molar-refractivity contribution in [2.45, 2.75) is 11.9 Å². The van der Waals surface area contributed by atoms with Crippen molar-refractivity contribution in [2.24, 2.45) is 0 Å². The van der Waals surface area contributed by atoms with Gasteiger partial charge in [-0.3, -0.25) is 0 Å². The van der Waals surface area contributed by atoms with E-state index in [4.69, 9.17) is 9.47 Å². The summed E-state index contributed by atoms with van der Waals surface area (Å²) in [5.41, 5.74) is 1.94. The zero-order valence-electron chi connectivity index (χ0n) is 10.6. The second-order valence-corrected chi connectivity index (χ2v) is 4.60. The van der Waals surface area contributed by atoms with E-state index in [0.29, 0.717) is 17.7 Å². The van der Waals surface area contributed by atoms with Gasteiger partial charge in [-0.1, -0.05) is 40.2 Å². The smallest absolute Gasteiger partial charge is 0.165 e. The Labute approximate surface area is 120 Å². The number of para-hydroxylation sites is 1. The fraction of sp³-hybridized carbons (Fsp3) is 0.200. The molecule has 1 N–H and O–H groups in total. The minimum atomic E-state index is 0.238. The van der Waals surface area contributed by atoms with Gasteiger partial charge in [-0.25, -0.2) is 0 Å². The summed E-state index contributed by atoms with van der Waals surface area (Å²) in [5.74, 6) is 1.67. The molecule has 0 atom stereocenters. The Bertz CT molecular complexity index is 533. The predicted molar refractivity (Wildman–Crippen MR) is 78.1 cm³/mol. The normalized spacial score (nSPS) is 10.2. The van der Waals surface area contributed by atoms with Gasteiger partial charge in [-0.05, 0) is 23.8 Å². The standard InChI is InChI=1S/C15H15BrO3/c1-18-14-7-3-5-12(9-16)15(14)19-10-11-4-2-6-13(17)8-11/h2-8,17H,9-10H2,1H3. The van der Waals surface area contributed by atoms with Gasteiger partial charge < -0.3 is 14.6 Å². The summed E-state index contributed by atoms with van der Waals surface area (Å²) in [5, 5.41) is 10.1.